The van der Waals surface area contributed by atoms with Crippen LogP contribution in [0.2, 0.25) is 0 Å². The van der Waals surface area contributed by atoms with Crippen molar-refractivity contribution in [3.8, 4) is 0 Å². The van der Waals surface area contributed by atoms with Gasteiger partial charge in [-0.3, -0.25) is 0 Å². The van der Waals surface area contributed by atoms with Crippen molar-refractivity contribution in [2.24, 2.45) is 11.8 Å². The molecule has 6 nitrogen and oxygen atoms in total. The molecule has 1 aromatic rings. The molecule has 2 atom stereocenters. The van der Waals surface area contributed by atoms with Crippen molar-refractivity contribution in [1.29, 1.82) is 0 Å². The van der Waals surface area contributed by atoms with Gasteiger partial charge in [-0.2, -0.15) is 4.31 Å². The molecule has 118 valence electrons. The Labute approximate surface area is 126 Å². The quantitative estimate of drug-likeness (QED) is 0.898. The first-order chi connectivity index (χ1) is 9.78. The number of nitrogens with zero attached hydrogens (tertiary/aromatic N) is 3. The lowest BCUT2D eigenvalue weighted by Crippen LogP contribution is -2.47. The molecule has 0 spiro atoms. The minimum Gasteiger partial charge on any atom is -0.334 e. The minimum absolute atomic E-state index is 0.183. The number of imidazole rings is 1. The molecular weight excluding hydrogens is 288 g/mol. The Morgan fingerprint density at radius 1 is 1.43 bits per heavy atom. The standard InChI is InChI=1S/C14H24N4O2S/c1-5-17-9-13(16-10(17)2)21(19,20)18-8-11-6-15-7-12(11)14(18,3)4/h9,11-12,15H,5-8H2,1-4H3. The zero-order valence-corrected chi connectivity index (χ0v) is 13.9. The van der Waals surface area contributed by atoms with Crippen LogP contribution in [-0.4, -0.2) is 47.4 Å². The summed E-state index contributed by atoms with van der Waals surface area (Å²) in [7, 11) is -3.53. The number of aryl methyl sites for hydroxylation is 2. The number of nitrogens with one attached hydrogen (secondary N) is 1. The van der Waals surface area contributed by atoms with E-state index >= 15 is 0 Å². The summed E-state index contributed by atoms with van der Waals surface area (Å²) < 4.78 is 29.5. The summed E-state index contributed by atoms with van der Waals surface area (Å²) in [5.74, 6) is 1.53. The first-order valence-corrected chi connectivity index (χ1v) is 8.99. The van der Waals surface area contributed by atoms with Gasteiger partial charge in [-0.05, 0) is 46.1 Å². The van der Waals surface area contributed by atoms with Gasteiger partial charge in [0.1, 0.15) is 5.82 Å². The van der Waals surface area contributed by atoms with Gasteiger partial charge < -0.3 is 9.88 Å². The largest absolute Gasteiger partial charge is 0.334 e. The number of sulfonamides is 1. The van der Waals surface area contributed by atoms with Crippen LogP contribution in [0.15, 0.2) is 11.2 Å². The Hall–Kier alpha value is -0.920. The fourth-order valence-electron chi connectivity index (χ4n) is 3.83. The third kappa shape index (κ3) is 2.13. The van der Waals surface area contributed by atoms with Gasteiger partial charge in [-0.25, -0.2) is 13.4 Å². The molecule has 0 amide bonds. The van der Waals surface area contributed by atoms with Crippen molar-refractivity contribution < 1.29 is 8.42 Å². The lowest BCUT2D eigenvalue weighted by Gasteiger charge is -2.34. The van der Waals surface area contributed by atoms with Crippen molar-refractivity contribution in [3.05, 3.63) is 12.0 Å². The van der Waals surface area contributed by atoms with Crippen molar-refractivity contribution in [1.82, 2.24) is 19.2 Å². The number of hydrogen-bond donors (Lipinski definition) is 1. The van der Waals surface area contributed by atoms with E-state index in [0.717, 1.165) is 25.5 Å². The van der Waals surface area contributed by atoms with E-state index in [2.05, 4.69) is 10.3 Å². The topological polar surface area (TPSA) is 67.2 Å². The molecule has 0 saturated carbocycles. The zero-order chi connectivity index (χ0) is 15.4. The van der Waals surface area contributed by atoms with E-state index in [1.807, 2.05) is 32.3 Å². The fourth-order valence-corrected chi connectivity index (χ4v) is 5.71. The third-order valence-corrected chi connectivity index (χ3v) is 7.06. The van der Waals surface area contributed by atoms with E-state index in [1.165, 1.54) is 0 Å². The van der Waals surface area contributed by atoms with Crippen molar-refractivity contribution >= 4 is 10.0 Å². The smallest absolute Gasteiger partial charge is 0.262 e. The predicted molar refractivity (Wildman–Crippen MR) is 80.5 cm³/mol. The van der Waals surface area contributed by atoms with Crippen LogP contribution in [0.5, 0.6) is 0 Å². The van der Waals surface area contributed by atoms with E-state index in [4.69, 9.17) is 0 Å². The van der Waals surface area contributed by atoms with Gasteiger partial charge >= 0.3 is 0 Å². The molecule has 2 fully saturated rings. The highest BCUT2D eigenvalue weighted by molar-refractivity contribution is 7.89. The molecule has 1 N–H and O–H groups in total. The number of rotatable bonds is 3. The van der Waals surface area contributed by atoms with Crippen LogP contribution in [0, 0.1) is 18.8 Å². The van der Waals surface area contributed by atoms with Crippen LogP contribution in [0.25, 0.3) is 0 Å². The summed E-state index contributed by atoms with van der Waals surface area (Å²) in [4.78, 5) is 4.27. The monoisotopic (exact) mass is 312 g/mol. The minimum atomic E-state index is -3.53. The number of fused-ring (bicyclic) bond motifs is 1. The van der Waals surface area contributed by atoms with Crippen molar-refractivity contribution in [2.45, 2.75) is 44.8 Å². The first-order valence-electron chi connectivity index (χ1n) is 7.55. The molecule has 2 unspecified atom stereocenters. The van der Waals surface area contributed by atoms with Gasteiger partial charge in [0.15, 0.2) is 5.03 Å². The fraction of sp³-hybridized carbons (Fsp3) is 0.786. The van der Waals surface area contributed by atoms with Gasteiger partial charge in [0.05, 0.1) is 0 Å². The second-order valence-electron chi connectivity index (χ2n) is 6.63. The molecule has 0 bridgehead atoms. The van der Waals surface area contributed by atoms with Gasteiger partial charge in [0.25, 0.3) is 10.0 Å². The average molecular weight is 312 g/mol. The first kappa shape index (κ1) is 15.0. The molecule has 21 heavy (non-hydrogen) atoms. The SMILES string of the molecule is CCn1cc(S(=O)(=O)N2CC3CNCC3C2(C)C)nc1C. The van der Waals surface area contributed by atoms with Gasteiger partial charge in [-0.1, -0.05) is 0 Å². The molecule has 0 aromatic carbocycles. The molecule has 3 rings (SSSR count). The summed E-state index contributed by atoms with van der Waals surface area (Å²) in [6.07, 6.45) is 1.66. The zero-order valence-electron chi connectivity index (χ0n) is 13.1. The van der Waals surface area contributed by atoms with Crippen LogP contribution < -0.4 is 5.32 Å². The molecule has 3 heterocycles. The number of aromatic nitrogens is 2. The highest BCUT2D eigenvalue weighted by atomic mass is 32.2. The molecule has 2 aliphatic heterocycles. The molecule has 0 radical (unpaired) electrons. The molecular formula is C14H24N4O2S. The normalized spacial score (nSPS) is 29.0. The number of hydrogen-bond acceptors (Lipinski definition) is 4. The highest BCUT2D eigenvalue weighted by Gasteiger charge is 2.54. The van der Waals surface area contributed by atoms with Gasteiger partial charge in [0, 0.05) is 31.4 Å². The second kappa shape index (κ2) is 4.79. The Morgan fingerprint density at radius 2 is 2.14 bits per heavy atom. The van der Waals surface area contributed by atoms with E-state index in [1.54, 1.807) is 10.5 Å². The molecule has 2 saturated heterocycles. The summed E-state index contributed by atoms with van der Waals surface area (Å²) in [6.45, 7) is 11.0. The van der Waals surface area contributed by atoms with Crippen molar-refractivity contribution in [3.63, 3.8) is 0 Å². The Balaban J connectivity index is 1.98. The predicted octanol–water partition coefficient (Wildman–Crippen LogP) is 0.830. The maximum absolute atomic E-state index is 13.0. The van der Waals surface area contributed by atoms with Gasteiger partial charge in [-0.15, -0.1) is 0 Å². The lowest BCUT2D eigenvalue weighted by molar-refractivity contribution is 0.233. The molecule has 2 aliphatic rings. The lowest BCUT2D eigenvalue weighted by atomic mass is 9.85. The maximum Gasteiger partial charge on any atom is 0.262 e. The Morgan fingerprint density at radius 3 is 2.71 bits per heavy atom. The summed E-state index contributed by atoms with van der Waals surface area (Å²) in [5, 5.41) is 3.56. The maximum atomic E-state index is 13.0. The van der Waals surface area contributed by atoms with Crippen molar-refractivity contribution in [2.75, 3.05) is 19.6 Å². The highest BCUT2D eigenvalue weighted by Crippen LogP contribution is 2.43. The van der Waals surface area contributed by atoms with Crippen LogP contribution in [0.3, 0.4) is 0 Å². The van der Waals surface area contributed by atoms with Gasteiger partial charge in [0.2, 0.25) is 0 Å². The Bertz CT molecular complexity index is 650. The third-order valence-electron chi connectivity index (χ3n) is 5.14. The second-order valence-corrected chi connectivity index (χ2v) is 8.44. The van der Waals surface area contributed by atoms with Crippen LogP contribution in [-0.2, 0) is 16.6 Å². The average Bonchev–Trinajstić information content (AvgIpc) is 3.06. The summed E-state index contributed by atoms with van der Waals surface area (Å²) >= 11 is 0. The van der Waals surface area contributed by atoms with E-state index in [9.17, 15) is 8.42 Å². The van der Waals surface area contributed by atoms with Crippen LogP contribution in [0.1, 0.15) is 26.6 Å². The molecule has 7 heteroatoms. The molecule has 0 aliphatic carbocycles. The molecule has 1 aromatic heterocycles. The summed E-state index contributed by atoms with van der Waals surface area (Å²) in [5.41, 5.74) is -0.364. The van der Waals surface area contributed by atoms with Crippen LogP contribution >= 0.6 is 0 Å². The van der Waals surface area contributed by atoms with E-state index < -0.39 is 10.0 Å². The van der Waals surface area contributed by atoms with Crippen LogP contribution in [0.4, 0.5) is 0 Å². The summed E-state index contributed by atoms with van der Waals surface area (Å²) in [6, 6.07) is 0. The Kier molecular flexibility index (Phi) is 3.42. The van der Waals surface area contributed by atoms with E-state index in [-0.39, 0.29) is 10.6 Å². The van der Waals surface area contributed by atoms with E-state index in [0.29, 0.717) is 18.4 Å².